The quantitative estimate of drug-likeness (QED) is 0.693. The standard InChI is InChI=1S/C13H11NOS/c15-13-11-7-2-1-5-9(11)10-6-3-4-8-12(10)14-16-13/h1-8,10,12,14H. The molecular weight excluding hydrogens is 218 g/mol. The number of carbonyl (C=O) groups is 1. The molecule has 80 valence electrons. The van der Waals surface area contributed by atoms with Gasteiger partial charge < -0.3 is 0 Å². The van der Waals surface area contributed by atoms with Gasteiger partial charge in [0.1, 0.15) is 0 Å². The molecule has 2 nitrogen and oxygen atoms in total. The van der Waals surface area contributed by atoms with Crippen molar-refractivity contribution in [2.24, 2.45) is 0 Å². The lowest BCUT2D eigenvalue weighted by molar-refractivity contribution is 0.108. The molecule has 0 radical (unpaired) electrons. The predicted octanol–water partition coefficient (Wildman–Crippen LogP) is 2.66. The molecule has 16 heavy (non-hydrogen) atoms. The van der Waals surface area contributed by atoms with E-state index in [-0.39, 0.29) is 17.1 Å². The summed E-state index contributed by atoms with van der Waals surface area (Å²) in [6, 6.07) is 8.07. The lowest BCUT2D eigenvalue weighted by Gasteiger charge is -2.22. The van der Waals surface area contributed by atoms with Crippen LogP contribution in [0.1, 0.15) is 21.8 Å². The summed E-state index contributed by atoms with van der Waals surface area (Å²) in [6.07, 6.45) is 8.32. The summed E-state index contributed by atoms with van der Waals surface area (Å²) in [4.78, 5) is 11.9. The molecule has 1 aliphatic carbocycles. The van der Waals surface area contributed by atoms with Crippen molar-refractivity contribution in [3.05, 3.63) is 59.7 Å². The third-order valence-electron chi connectivity index (χ3n) is 2.96. The zero-order valence-electron chi connectivity index (χ0n) is 8.59. The largest absolute Gasteiger partial charge is 0.280 e. The Morgan fingerprint density at radius 2 is 1.94 bits per heavy atom. The minimum atomic E-state index is 0.104. The molecule has 2 atom stereocenters. The first-order chi connectivity index (χ1) is 7.86. The highest BCUT2D eigenvalue weighted by molar-refractivity contribution is 8.12. The van der Waals surface area contributed by atoms with Crippen molar-refractivity contribution in [2.75, 3.05) is 0 Å². The Hall–Kier alpha value is -1.32. The molecule has 1 aliphatic heterocycles. The van der Waals surface area contributed by atoms with Crippen LogP contribution in [-0.4, -0.2) is 11.2 Å². The van der Waals surface area contributed by atoms with Crippen LogP contribution in [-0.2, 0) is 0 Å². The van der Waals surface area contributed by atoms with E-state index >= 15 is 0 Å². The lowest BCUT2D eigenvalue weighted by atomic mass is 9.86. The van der Waals surface area contributed by atoms with Crippen LogP contribution in [0, 0.1) is 0 Å². The van der Waals surface area contributed by atoms with Crippen molar-refractivity contribution in [1.82, 2.24) is 4.72 Å². The third-order valence-corrected chi connectivity index (χ3v) is 3.76. The van der Waals surface area contributed by atoms with Crippen molar-refractivity contribution in [1.29, 1.82) is 0 Å². The van der Waals surface area contributed by atoms with Gasteiger partial charge in [-0.3, -0.25) is 4.79 Å². The third kappa shape index (κ3) is 1.52. The van der Waals surface area contributed by atoms with Crippen LogP contribution in [0.4, 0.5) is 0 Å². The van der Waals surface area contributed by atoms with Crippen LogP contribution in [0.2, 0.25) is 0 Å². The van der Waals surface area contributed by atoms with E-state index < -0.39 is 0 Å². The van der Waals surface area contributed by atoms with E-state index in [1.807, 2.05) is 36.4 Å². The van der Waals surface area contributed by atoms with Gasteiger partial charge in [0.2, 0.25) is 5.12 Å². The molecule has 0 spiro atoms. The average Bonchev–Trinajstić information content (AvgIpc) is 2.49. The van der Waals surface area contributed by atoms with Gasteiger partial charge in [-0.15, -0.1) is 0 Å². The monoisotopic (exact) mass is 229 g/mol. The molecule has 0 saturated carbocycles. The van der Waals surface area contributed by atoms with Crippen LogP contribution >= 0.6 is 11.9 Å². The van der Waals surface area contributed by atoms with Gasteiger partial charge in [-0.05, 0) is 17.5 Å². The Labute approximate surface area is 98.6 Å². The molecule has 3 rings (SSSR count). The highest BCUT2D eigenvalue weighted by Crippen LogP contribution is 2.33. The minimum Gasteiger partial charge on any atom is -0.280 e. The fraction of sp³-hybridized carbons (Fsp3) is 0.154. The Kier molecular flexibility index (Phi) is 2.42. The van der Waals surface area contributed by atoms with Crippen molar-refractivity contribution in [3.8, 4) is 0 Å². The summed E-state index contributed by atoms with van der Waals surface area (Å²) in [6.45, 7) is 0. The molecule has 0 aromatic heterocycles. The van der Waals surface area contributed by atoms with Crippen LogP contribution in [0.3, 0.4) is 0 Å². The number of allylic oxidation sites excluding steroid dienone is 2. The average molecular weight is 229 g/mol. The Balaban J connectivity index is 2.15. The van der Waals surface area contributed by atoms with E-state index in [9.17, 15) is 4.79 Å². The zero-order chi connectivity index (χ0) is 11.0. The predicted molar refractivity (Wildman–Crippen MR) is 66.3 cm³/mol. The fourth-order valence-electron chi connectivity index (χ4n) is 2.17. The summed E-state index contributed by atoms with van der Waals surface area (Å²) in [5, 5.41) is 0.104. The van der Waals surface area contributed by atoms with Gasteiger partial charge in [0, 0.05) is 17.5 Å². The number of benzene rings is 1. The topological polar surface area (TPSA) is 29.1 Å². The van der Waals surface area contributed by atoms with E-state index in [0.717, 1.165) is 11.1 Å². The maximum absolute atomic E-state index is 11.9. The highest BCUT2D eigenvalue weighted by Gasteiger charge is 2.28. The number of fused-ring (bicyclic) bond motifs is 3. The molecule has 0 amide bonds. The molecule has 1 aromatic rings. The molecule has 0 fully saturated rings. The van der Waals surface area contributed by atoms with Crippen molar-refractivity contribution >= 4 is 17.1 Å². The van der Waals surface area contributed by atoms with Gasteiger partial charge in [-0.1, -0.05) is 48.6 Å². The number of nitrogens with one attached hydrogen (secondary N) is 1. The van der Waals surface area contributed by atoms with Gasteiger partial charge in [-0.25, -0.2) is 4.72 Å². The highest BCUT2D eigenvalue weighted by atomic mass is 32.2. The van der Waals surface area contributed by atoms with E-state index in [2.05, 4.69) is 16.9 Å². The van der Waals surface area contributed by atoms with Gasteiger partial charge >= 0.3 is 0 Å². The number of hydrogen-bond donors (Lipinski definition) is 1. The van der Waals surface area contributed by atoms with Gasteiger partial charge in [-0.2, -0.15) is 0 Å². The van der Waals surface area contributed by atoms with E-state index in [0.29, 0.717) is 0 Å². The van der Waals surface area contributed by atoms with E-state index in [1.165, 1.54) is 11.9 Å². The molecule has 1 N–H and O–H groups in total. The molecule has 2 aliphatic rings. The molecule has 3 heteroatoms. The maximum atomic E-state index is 11.9. The van der Waals surface area contributed by atoms with Crippen LogP contribution in [0.25, 0.3) is 0 Å². The number of hydrogen-bond acceptors (Lipinski definition) is 3. The second kappa shape index (κ2) is 3.92. The summed E-state index contributed by atoms with van der Waals surface area (Å²) < 4.78 is 3.21. The second-order valence-electron chi connectivity index (χ2n) is 3.92. The van der Waals surface area contributed by atoms with E-state index in [4.69, 9.17) is 0 Å². The first kappa shape index (κ1) is 9.87. The number of rotatable bonds is 0. The maximum Gasteiger partial charge on any atom is 0.234 e. The fourth-order valence-corrected chi connectivity index (χ4v) is 2.93. The van der Waals surface area contributed by atoms with Crippen molar-refractivity contribution in [3.63, 3.8) is 0 Å². The smallest absolute Gasteiger partial charge is 0.234 e. The van der Waals surface area contributed by atoms with Gasteiger partial charge in [0.05, 0.1) is 0 Å². The van der Waals surface area contributed by atoms with Crippen molar-refractivity contribution < 1.29 is 4.79 Å². The zero-order valence-corrected chi connectivity index (χ0v) is 9.41. The number of carbonyl (C=O) groups excluding carboxylic acids is 1. The molecule has 1 aromatic carbocycles. The molecular formula is C13H11NOS. The molecule has 1 heterocycles. The molecule has 2 unspecified atom stereocenters. The normalized spacial score (nSPS) is 27.1. The summed E-state index contributed by atoms with van der Waals surface area (Å²) in [5.41, 5.74) is 1.95. The Morgan fingerprint density at radius 3 is 2.88 bits per heavy atom. The first-order valence-corrected chi connectivity index (χ1v) is 6.08. The first-order valence-electron chi connectivity index (χ1n) is 5.27. The summed E-state index contributed by atoms with van der Waals surface area (Å²) in [7, 11) is 0. The Bertz CT molecular complexity index is 492. The minimum absolute atomic E-state index is 0.104. The Morgan fingerprint density at radius 1 is 1.12 bits per heavy atom. The summed E-state index contributed by atoms with van der Waals surface area (Å²) in [5.74, 6) is 0.264. The van der Waals surface area contributed by atoms with Crippen LogP contribution in [0.5, 0.6) is 0 Å². The van der Waals surface area contributed by atoms with Crippen molar-refractivity contribution in [2.45, 2.75) is 12.0 Å². The lowest BCUT2D eigenvalue weighted by Crippen LogP contribution is -2.27. The molecule has 0 bridgehead atoms. The summed E-state index contributed by atoms with van der Waals surface area (Å²) >= 11 is 1.19. The van der Waals surface area contributed by atoms with Crippen LogP contribution < -0.4 is 4.72 Å². The SMILES string of the molecule is O=C1SNC2C=CC=CC2c2ccccc21. The molecule has 0 saturated heterocycles. The van der Waals surface area contributed by atoms with Gasteiger partial charge in [0.15, 0.2) is 0 Å². The van der Waals surface area contributed by atoms with E-state index in [1.54, 1.807) is 0 Å². The van der Waals surface area contributed by atoms with Gasteiger partial charge in [0.25, 0.3) is 0 Å². The van der Waals surface area contributed by atoms with Crippen LogP contribution in [0.15, 0.2) is 48.6 Å². The second-order valence-corrected chi connectivity index (χ2v) is 4.73.